The smallest absolute Gasteiger partial charge is 0.323 e. The highest BCUT2D eigenvalue weighted by atomic mass is 32.1. The average molecular weight is 326 g/mol. The van der Waals surface area contributed by atoms with Crippen LogP contribution in [0, 0.1) is 0 Å². The minimum atomic E-state index is -1.04. The van der Waals surface area contributed by atoms with E-state index in [4.69, 9.17) is 0 Å². The van der Waals surface area contributed by atoms with Gasteiger partial charge in [-0.1, -0.05) is 30.3 Å². The minimum absolute atomic E-state index is 0.240. The van der Waals surface area contributed by atoms with Gasteiger partial charge in [-0.3, -0.25) is 14.2 Å². The highest BCUT2D eigenvalue weighted by Gasteiger charge is 2.24. The summed E-state index contributed by atoms with van der Waals surface area (Å²) in [4.78, 5) is 30.8. The second-order valence-corrected chi connectivity index (χ2v) is 6.71. The van der Waals surface area contributed by atoms with Crippen LogP contribution >= 0.6 is 11.3 Å². The van der Waals surface area contributed by atoms with Crippen LogP contribution in [0.3, 0.4) is 0 Å². The van der Waals surface area contributed by atoms with Crippen molar-refractivity contribution in [3.8, 4) is 11.4 Å². The van der Waals surface area contributed by atoms with Gasteiger partial charge >= 0.3 is 5.97 Å². The summed E-state index contributed by atoms with van der Waals surface area (Å²) in [5, 5.41) is 9.81. The Kier molecular flexibility index (Phi) is 3.27. The van der Waals surface area contributed by atoms with Gasteiger partial charge in [0.2, 0.25) is 0 Å². The van der Waals surface area contributed by atoms with E-state index in [9.17, 15) is 14.7 Å². The number of benzene rings is 1. The molecular formula is C17H14N2O3S. The lowest BCUT2D eigenvalue weighted by Gasteiger charge is -2.11. The molecule has 0 unspecified atom stereocenters. The normalized spacial score (nSPS) is 13.4. The van der Waals surface area contributed by atoms with Crippen LogP contribution in [-0.4, -0.2) is 20.6 Å². The van der Waals surface area contributed by atoms with Crippen molar-refractivity contribution in [1.82, 2.24) is 9.55 Å². The van der Waals surface area contributed by atoms with Crippen molar-refractivity contribution in [3.05, 3.63) is 51.1 Å². The number of aromatic nitrogens is 2. The topological polar surface area (TPSA) is 72.2 Å². The fraction of sp³-hybridized carbons (Fsp3) is 0.235. The highest BCUT2D eigenvalue weighted by molar-refractivity contribution is 7.18. The summed E-state index contributed by atoms with van der Waals surface area (Å²) in [6.07, 6.45) is 2.91. The first-order valence-corrected chi connectivity index (χ1v) is 8.29. The number of rotatable bonds is 3. The SMILES string of the molecule is O=C(O)Cn1c(-c2ccccc2)nc2sc3c(c2c1=O)CCC3. The number of carboxylic acids is 1. The third-order valence-electron chi connectivity index (χ3n) is 4.15. The molecule has 0 saturated carbocycles. The third kappa shape index (κ3) is 2.26. The van der Waals surface area contributed by atoms with Crippen molar-refractivity contribution < 1.29 is 9.90 Å². The molecule has 23 heavy (non-hydrogen) atoms. The van der Waals surface area contributed by atoms with Crippen LogP contribution in [0.2, 0.25) is 0 Å². The van der Waals surface area contributed by atoms with Crippen LogP contribution in [0.5, 0.6) is 0 Å². The molecule has 0 bridgehead atoms. The molecule has 5 nitrogen and oxygen atoms in total. The van der Waals surface area contributed by atoms with Gasteiger partial charge in [0.05, 0.1) is 5.39 Å². The number of carboxylic acid groups (broad SMARTS) is 1. The molecule has 2 heterocycles. The molecule has 0 fully saturated rings. The van der Waals surface area contributed by atoms with E-state index in [1.807, 2.05) is 30.3 Å². The van der Waals surface area contributed by atoms with Gasteiger partial charge in [-0.25, -0.2) is 4.98 Å². The van der Waals surface area contributed by atoms with E-state index in [0.717, 1.165) is 35.2 Å². The first kappa shape index (κ1) is 14.1. The monoisotopic (exact) mass is 326 g/mol. The van der Waals surface area contributed by atoms with E-state index in [2.05, 4.69) is 4.98 Å². The van der Waals surface area contributed by atoms with Crippen LogP contribution in [0.15, 0.2) is 35.1 Å². The van der Waals surface area contributed by atoms with Gasteiger partial charge in [0.1, 0.15) is 17.2 Å². The molecule has 6 heteroatoms. The standard InChI is InChI=1S/C17H14N2O3S/c20-13(21)9-19-15(10-5-2-1-3-6-10)18-16-14(17(19)22)11-7-4-8-12(11)23-16/h1-3,5-6H,4,7-9H2,(H,20,21). The van der Waals surface area contributed by atoms with Crippen LogP contribution in [0.1, 0.15) is 16.9 Å². The van der Waals surface area contributed by atoms with Gasteiger partial charge in [0.15, 0.2) is 0 Å². The van der Waals surface area contributed by atoms with E-state index in [-0.39, 0.29) is 12.1 Å². The molecule has 1 aliphatic rings. The molecule has 0 saturated heterocycles. The van der Waals surface area contributed by atoms with Crippen LogP contribution in [0.25, 0.3) is 21.6 Å². The Morgan fingerprint density at radius 3 is 2.78 bits per heavy atom. The lowest BCUT2D eigenvalue weighted by Crippen LogP contribution is -2.27. The Labute approximate surface area is 135 Å². The Hall–Kier alpha value is -2.47. The van der Waals surface area contributed by atoms with Crippen LogP contribution < -0.4 is 5.56 Å². The molecule has 1 aliphatic carbocycles. The van der Waals surface area contributed by atoms with Gasteiger partial charge < -0.3 is 5.11 Å². The maximum absolute atomic E-state index is 12.9. The van der Waals surface area contributed by atoms with Crippen molar-refractivity contribution in [2.75, 3.05) is 0 Å². The fourth-order valence-corrected chi connectivity index (χ4v) is 4.42. The third-order valence-corrected chi connectivity index (χ3v) is 5.34. The average Bonchev–Trinajstić information content (AvgIpc) is 3.10. The number of aliphatic carboxylic acids is 1. The number of thiophene rings is 1. The van der Waals surface area contributed by atoms with Crippen molar-refractivity contribution in [2.45, 2.75) is 25.8 Å². The maximum Gasteiger partial charge on any atom is 0.323 e. The first-order chi connectivity index (χ1) is 11.1. The molecule has 0 spiro atoms. The number of carbonyl (C=O) groups is 1. The molecule has 4 rings (SSSR count). The zero-order chi connectivity index (χ0) is 16.0. The Morgan fingerprint density at radius 2 is 2.04 bits per heavy atom. The summed E-state index contributed by atoms with van der Waals surface area (Å²) in [6.45, 7) is -0.378. The maximum atomic E-state index is 12.9. The predicted octanol–water partition coefficient (Wildman–Crippen LogP) is 2.70. The van der Waals surface area contributed by atoms with Gasteiger partial charge in [0, 0.05) is 10.4 Å². The quantitative estimate of drug-likeness (QED) is 0.803. The number of hydrogen-bond donors (Lipinski definition) is 1. The molecular weight excluding hydrogens is 312 g/mol. The molecule has 0 amide bonds. The summed E-state index contributed by atoms with van der Waals surface area (Å²) in [5.41, 5.74) is 1.58. The minimum Gasteiger partial charge on any atom is -0.480 e. The molecule has 1 N–H and O–H groups in total. The zero-order valence-electron chi connectivity index (χ0n) is 12.3. The molecule has 1 aromatic carbocycles. The number of hydrogen-bond acceptors (Lipinski definition) is 4. The molecule has 116 valence electrons. The van der Waals surface area contributed by atoms with Gasteiger partial charge in [-0.2, -0.15) is 0 Å². The largest absolute Gasteiger partial charge is 0.480 e. The fourth-order valence-electron chi connectivity index (χ4n) is 3.17. The van der Waals surface area contributed by atoms with Gasteiger partial charge in [-0.15, -0.1) is 11.3 Å². The number of fused-ring (bicyclic) bond motifs is 3. The number of nitrogens with zero attached hydrogens (tertiary/aromatic N) is 2. The summed E-state index contributed by atoms with van der Waals surface area (Å²) in [7, 11) is 0. The Morgan fingerprint density at radius 1 is 1.26 bits per heavy atom. The van der Waals surface area contributed by atoms with Crippen LogP contribution in [0.4, 0.5) is 0 Å². The lowest BCUT2D eigenvalue weighted by atomic mass is 10.1. The van der Waals surface area contributed by atoms with Gasteiger partial charge in [0.25, 0.3) is 5.56 Å². The summed E-state index contributed by atoms with van der Waals surface area (Å²) in [6, 6.07) is 9.26. The second-order valence-electron chi connectivity index (χ2n) is 5.62. The molecule has 3 aromatic rings. The summed E-state index contributed by atoms with van der Waals surface area (Å²) < 4.78 is 1.28. The van der Waals surface area contributed by atoms with Crippen molar-refractivity contribution in [1.29, 1.82) is 0 Å². The summed E-state index contributed by atoms with van der Waals surface area (Å²) in [5.74, 6) is -0.622. The van der Waals surface area contributed by atoms with Crippen molar-refractivity contribution in [2.24, 2.45) is 0 Å². The van der Waals surface area contributed by atoms with Crippen molar-refractivity contribution >= 4 is 27.5 Å². The molecule has 2 aromatic heterocycles. The van der Waals surface area contributed by atoms with Crippen LogP contribution in [-0.2, 0) is 24.2 Å². The van der Waals surface area contributed by atoms with E-state index in [1.165, 1.54) is 9.44 Å². The first-order valence-electron chi connectivity index (χ1n) is 7.47. The lowest BCUT2D eigenvalue weighted by molar-refractivity contribution is -0.137. The van der Waals surface area contributed by atoms with E-state index < -0.39 is 5.97 Å². The second kappa shape index (κ2) is 5.31. The predicted molar refractivity (Wildman–Crippen MR) is 89.0 cm³/mol. The Bertz CT molecular complexity index is 973. The molecule has 0 aliphatic heterocycles. The van der Waals surface area contributed by atoms with E-state index >= 15 is 0 Å². The van der Waals surface area contributed by atoms with Gasteiger partial charge in [-0.05, 0) is 24.8 Å². The summed E-state index contributed by atoms with van der Waals surface area (Å²) >= 11 is 1.57. The number of aryl methyl sites for hydroxylation is 2. The van der Waals surface area contributed by atoms with E-state index in [1.54, 1.807) is 11.3 Å². The van der Waals surface area contributed by atoms with E-state index in [0.29, 0.717) is 11.2 Å². The highest BCUT2D eigenvalue weighted by Crippen LogP contribution is 2.35. The molecule has 0 atom stereocenters. The van der Waals surface area contributed by atoms with Crippen molar-refractivity contribution in [3.63, 3.8) is 0 Å². The zero-order valence-corrected chi connectivity index (χ0v) is 13.1. The Balaban J connectivity index is 2.05. The molecule has 0 radical (unpaired) electrons.